The Bertz CT molecular complexity index is 1620. The maximum Gasteiger partial charge on any atom is -0.00134 e. The number of hydrogen-bond acceptors (Lipinski definition) is 0. The summed E-state index contributed by atoms with van der Waals surface area (Å²) in [6.07, 6.45) is 1.04. The van der Waals surface area contributed by atoms with Crippen molar-refractivity contribution >= 4 is 21.5 Å². The Morgan fingerprint density at radius 3 is 1.73 bits per heavy atom. The molecular weight excluding hydrogens is 396 g/mol. The summed E-state index contributed by atoms with van der Waals surface area (Å²) in [5.74, 6) is 0. The van der Waals surface area contributed by atoms with Gasteiger partial charge in [-0.1, -0.05) is 109 Å². The molecule has 0 aliphatic heterocycles. The van der Waals surface area contributed by atoms with Gasteiger partial charge in [-0.15, -0.1) is 0 Å². The topological polar surface area (TPSA) is 0 Å². The minimum atomic E-state index is 1.04. The lowest BCUT2D eigenvalue weighted by atomic mass is 9.91. The van der Waals surface area contributed by atoms with E-state index in [4.69, 9.17) is 0 Å². The van der Waals surface area contributed by atoms with Crippen LogP contribution in [0.4, 0.5) is 0 Å². The van der Waals surface area contributed by atoms with E-state index in [1.165, 1.54) is 66.1 Å². The SMILES string of the molecule is c1ccc2c(c1)Cc1ccc(-c3ccc(-c4c5ccccc5cc5ccccc45)cc3)cc1-2. The highest BCUT2D eigenvalue weighted by Gasteiger charge is 2.18. The Labute approximate surface area is 193 Å². The van der Waals surface area contributed by atoms with E-state index >= 15 is 0 Å². The molecule has 0 atom stereocenters. The molecule has 0 heterocycles. The first-order valence-corrected chi connectivity index (χ1v) is 11.6. The van der Waals surface area contributed by atoms with Crippen molar-refractivity contribution in [2.75, 3.05) is 0 Å². The normalized spacial score (nSPS) is 12.1. The summed E-state index contributed by atoms with van der Waals surface area (Å²) in [5, 5.41) is 5.18. The summed E-state index contributed by atoms with van der Waals surface area (Å²) in [6, 6.07) is 44.5. The highest BCUT2D eigenvalue weighted by Crippen LogP contribution is 2.40. The van der Waals surface area contributed by atoms with Crippen LogP contribution >= 0.6 is 0 Å². The molecule has 0 fully saturated rings. The molecule has 1 aliphatic carbocycles. The summed E-state index contributed by atoms with van der Waals surface area (Å²) in [6.45, 7) is 0. The Morgan fingerprint density at radius 1 is 0.394 bits per heavy atom. The molecule has 33 heavy (non-hydrogen) atoms. The molecule has 0 saturated carbocycles. The van der Waals surface area contributed by atoms with Crippen LogP contribution in [0.3, 0.4) is 0 Å². The average molecular weight is 419 g/mol. The maximum absolute atomic E-state index is 2.36. The van der Waals surface area contributed by atoms with E-state index in [1.54, 1.807) is 0 Å². The second-order valence-electron chi connectivity index (χ2n) is 8.98. The lowest BCUT2D eigenvalue weighted by Crippen LogP contribution is -1.87. The molecule has 0 nitrogen and oxygen atoms in total. The van der Waals surface area contributed by atoms with Gasteiger partial charge in [-0.2, -0.15) is 0 Å². The molecule has 0 radical (unpaired) electrons. The summed E-state index contributed by atoms with van der Waals surface area (Å²) < 4.78 is 0. The minimum Gasteiger partial charge on any atom is -0.0619 e. The molecule has 1 aliphatic rings. The highest BCUT2D eigenvalue weighted by molar-refractivity contribution is 6.12. The Hall–Kier alpha value is -4.16. The van der Waals surface area contributed by atoms with Gasteiger partial charge in [0.15, 0.2) is 0 Å². The van der Waals surface area contributed by atoms with Crippen molar-refractivity contribution in [1.29, 1.82) is 0 Å². The standard InChI is InChI=1S/C33H22/c1-4-10-29-25(7-1)19-28-18-17-24(21-32(28)29)22-13-15-23(16-14-22)33-30-11-5-2-8-26(30)20-27-9-3-6-12-31(27)33/h1-18,20-21H,19H2. The second-order valence-corrected chi connectivity index (χ2v) is 8.98. The quantitative estimate of drug-likeness (QED) is 0.246. The van der Waals surface area contributed by atoms with Crippen molar-refractivity contribution in [2.45, 2.75) is 6.42 Å². The van der Waals surface area contributed by atoms with Crippen molar-refractivity contribution in [2.24, 2.45) is 0 Å². The van der Waals surface area contributed by atoms with Crippen LogP contribution in [0.5, 0.6) is 0 Å². The Morgan fingerprint density at radius 2 is 0.970 bits per heavy atom. The van der Waals surface area contributed by atoms with Crippen LogP contribution in [-0.4, -0.2) is 0 Å². The van der Waals surface area contributed by atoms with Gasteiger partial charge >= 0.3 is 0 Å². The van der Waals surface area contributed by atoms with E-state index in [2.05, 4.69) is 121 Å². The molecule has 0 saturated heterocycles. The lowest BCUT2D eigenvalue weighted by molar-refractivity contribution is 1.26. The molecular formula is C33H22. The summed E-state index contributed by atoms with van der Waals surface area (Å²) >= 11 is 0. The van der Waals surface area contributed by atoms with Crippen molar-refractivity contribution in [3.05, 3.63) is 132 Å². The van der Waals surface area contributed by atoms with Crippen LogP contribution in [0.15, 0.2) is 121 Å². The van der Waals surface area contributed by atoms with Gasteiger partial charge in [0.05, 0.1) is 0 Å². The Kier molecular flexibility index (Phi) is 4.01. The maximum atomic E-state index is 2.36. The van der Waals surface area contributed by atoms with E-state index < -0.39 is 0 Å². The first-order chi connectivity index (χ1) is 16.3. The molecule has 6 aromatic rings. The zero-order valence-corrected chi connectivity index (χ0v) is 18.3. The Balaban J connectivity index is 1.36. The molecule has 0 unspecified atom stereocenters. The minimum absolute atomic E-state index is 1.04. The van der Waals surface area contributed by atoms with Gasteiger partial charge < -0.3 is 0 Å². The van der Waals surface area contributed by atoms with Gasteiger partial charge in [0.2, 0.25) is 0 Å². The summed E-state index contributed by atoms with van der Waals surface area (Å²) in [5.41, 5.74) is 10.7. The fourth-order valence-electron chi connectivity index (χ4n) is 5.46. The van der Waals surface area contributed by atoms with Crippen LogP contribution in [0, 0.1) is 0 Å². The van der Waals surface area contributed by atoms with Gasteiger partial charge in [-0.25, -0.2) is 0 Å². The van der Waals surface area contributed by atoms with E-state index in [9.17, 15) is 0 Å². The molecule has 0 spiro atoms. The predicted molar refractivity (Wildman–Crippen MR) is 141 cm³/mol. The van der Waals surface area contributed by atoms with Crippen LogP contribution in [-0.2, 0) is 6.42 Å². The van der Waals surface area contributed by atoms with Crippen molar-refractivity contribution in [1.82, 2.24) is 0 Å². The van der Waals surface area contributed by atoms with Crippen molar-refractivity contribution < 1.29 is 0 Å². The summed E-state index contributed by atoms with van der Waals surface area (Å²) in [7, 11) is 0. The smallest absolute Gasteiger partial charge is 0.00134 e. The number of hydrogen-bond donors (Lipinski definition) is 0. The third kappa shape index (κ3) is 2.92. The predicted octanol–water partition coefficient (Wildman–Crippen LogP) is 8.90. The molecule has 0 bridgehead atoms. The van der Waals surface area contributed by atoms with Crippen LogP contribution in [0.2, 0.25) is 0 Å². The first-order valence-electron chi connectivity index (χ1n) is 11.6. The van der Waals surface area contributed by atoms with E-state index in [-0.39, 0.29) is 0 Å². The van der Waals surface area contributed by atoms with E-state index in [1.807, 2.05) is 0 Å². The van der Waals surface area contributed by atoms with Crippen molar-refractivity contribution in [3.8, 4) is 33.4 Å². The monoisotopic (exact) mass is 418 g/mol. The van der Waals surface area contributed by atoms with Gasteiger partial charge in [0, 0.05) is 0 Å². The zero-order chi connectivity index (χ0) is 21.8. The summed E-state index contributed by atoms with van der Waals surface area (Å²) in [4.78, 5) is 0. The third-order valence-electron chi connectivity index (χ3n) is 7.08. The number of rotatable bonds is 2. The molecule has 7 rings (SSSR count). The molecule has 0 heteroatoms. The van der Waals surface area contributed by atoms with Crippen LogP contribution < -0.4 is 0 Å². The molecule has 0 aromatic heterocycles. The van der Waals surface area contributed by atoms with Gasteiger partial charge in [-0.3, -0.25) is 0 Å². The van der Waals surface area contributed by atoms with E-state index in [0.717, 1.165) is 6.42 Å². The first kappa shape index (κ1) is 18.4. The zero-order valence-electron chi connectivity index (χ0n) is 18.3. The fraction of sp³-hybridized carbons (Fsp3) is 0.0303. The molecule has 154 valence electrons. The largest absolute Gasteiger partial charge is 0.0619 e. The molecule has 6 aromatic carbocycles. The number of benzene rings is 6. The average Bonchev–Trinajstić information content (AvgIpc) is 3.25. The lowest BCUT2D eigenvalue weighted by Gasteiger charge is -2.13. The number of fused-ring (bicyclic) bond motifs is 5. The highest BCUT2D eigenvalue weighted by atomic mass is 14.2. The van der Waals surface area contributed by atoms with Gasteiger partial charge in [0.1, 0.15) is 0 Å². The van der Waals surface area contributed by atoms with Crippen LogP contribution in [0.25, 0.3) is 54.9 Å². The van der Waals surface area contributed by atoms with Gasteiger partial charge in [0.25, 0.3) is 0 Å². The van der Waals surface area contributed by atoms with E-state index in [0.29, 0.717) is 0 Å². The third-order valence-corrected chi connectivity index (χ3v) is 7.08. The second kappa shape index (κ2) is 7.18. The van der Waals surface area contributed by atoms with Gasteiger partial charge in [-0.05, 0) is 84.6 Å². The molecule has 0 amide bonds. The van der Waals surface area contributed by atoms with Crippen LogP contribution in [0.1, 0.15) is 11.1 Å². The fourth-order valence-corrected chi connectivity index (χ4v) is 5.46. The molecule has 0 N–H and O–H groups in total. The van der Waals surface area contributed by atoms with Crippen molar-refractivity contribution in [3.63, 3.8) is 0 Å².